The van der Waals surface area contributed by atoms with E-state index in [1.165, 1.54) is 6.20 Å². The Labute approximate surface area is 159 Å². The summed E-state index contributed by atoms with van der Waals surface area (Å²) >= 11 is 6.13. The van der Waals surface area contributed by atoms with E-state index in [0.29, 0.717) is 27.8 Å². The number of nitrogens with one attached hydrogen (secondary N) is 1. The molecule has 0 aliphatic rings. The summed E-state index contributed by atoms with van der Waals surface area (Å²) in [6, 6.07) is 14.9. The average Bonchev–Trinajstić information content (AvgIpc) is 2.67. The van der Waals surface area contributed by atoms with Gasteiger partial charge in [-0.25, -0.2) is 15.0 Å². The second kappa shape index (κ2) is 6.63. The monoisotopic (exact) mass is 373 g/mol. The van der Waals surface area contributed by atoms with Crippen LogP contribution in [-0.2, 0) is 0 Å². The van der Waals surface area contributed by atoms with E-state index >= 15 is 0 Å². The van der Waals surface area contributed by atoms with Crippen LogP contribution in [0.3, 0.4) is 0 Å². The molecule has 130 valence electrons. The van der Waals surface area contributed by atoms with Gasteiger partial charge in [0.25, 0.3) is 0 Å². The number of pyridine rings is 2. The standard InChI is InChI=1S/C20H12ClN5O/c1-11-7-13(8-15(21)24-11)17-16(12-5-3-2-4-6-12)26-20-18(25-17)19(27)14(9-22)10-23-20/h2-8,10H,1H3,(H,23,26,27). The Morgan fingerprint density at radius 3 is 2.48 bits per heavy atom. The van der Waals surface area contributed by atoms with E-state index < -0.39 is 5.43 Å². The lowest BCUT2D eigenvalue weighted by atomic mass is 10.0. The average molecular weight is 374 g/mol. The Balaban J connectivity index is 2.11. The van der Waals surface area contributed by atoms with Crippen molar-refractivity contribution >= 4 is 22.8 Å². The molecule has 0 saturated heterocycles. The molecule has 6 nitrogen and oxygen atoms in total. The highest BCUT2D eigenvalue weighted by atomic mass is 35.5. The molecule has 0 amide bonds. The van der Waals surface area contributed by atoms with Gasteiger partial charge in [0, 0.05) is 23.0 Å². The van der Waals surface area contributed by atoms with E-state index in [1.807, 2.05) is 49.4 Å². The van der Waals surface area contributed by atoms with Gasteiger partial charge in [0.2, 0.25) is 5.43 Å². The highest BCUT2D eigenvalue weighted by molar-refractivity contribution is 6.29. The van der Waals surface area contributed by atoms with Crippen molar-refractivity contribution in [2.75, 3.05) is 0 Å². The number of benzene rings is 1. The van der Waals surface area contributed by atoms with E-state index in [9.17, 15) is 4.79 Å². The van der Waals surface area contributed by atoms with Crippen molar-refractivity contribution in [1.29, 1.82) is 5.26 Å². The maximum atomic E-state index is 12.5. The quantitative estimate of drug-likeness (QED) is 0.538. The fourth-order valence-corrected chi connectivity index (χ4v) is 3.13. The summed E-state index contributed by atoms with van der Waals surface area (Å²) in [5, 5.41) is 9.45. The fraction of sp³-hybridized carbons (Fsp3) is 0.0500. The molecule has 3 aromatic heterocycles. The fourth-order valence-electron chi connectivity index (χ4n) is 2.87. The number of hydrogen-bond acceptors (Lipinski definition) is 5. The highest BCUT2D eigenvalue weighted by Gasteiger charge is 2.17. The summed E-state index contributed by atoms with van der Waals surface area (Å²) in [6.07, 6.45) is 1.35. The lowest BCUT2D eigenvalue weighted by Crippen LogP contribution is -2.11. The molecule has 0 unspecified atom stereocenters. The highest BCUT2D eigenvalue weighted by Crippen LogP contribution is 2.31. The van der Waals surface area contributed by atoms with Gasteiger partial charge in [0.1, 0.15) is 16.8 Å². The van der Waals surface area contributed by atoms with Gasteiger partial charge in [-0.05, 0) is 19.1 Å². The van der Waals surface area contributed by atoms with Crippen LogP contribution in [0.25, 0.3) is 33.7 Å². The summed E-state index contributed by atoms with van der Waals surface area (Å²) in [4.78, 5) is 28.8. The molecule has 0 atom stereocenters. The molecule has 0 spiro atoms. The molecule has 7 heteroatoms. The first-order valence-corrected chi connectivity index (χ1v) is 8.48. The molecule has 0 radical (unpaired) electrons. The number of rotatable bonds is 2. The van der Waals surface area contributed by atoms with Gasteiger partial charge >= 0.3 is 0 Å². The predicted molar refractivity (Wildman–Crippen MR) is 103 cm³/mol. The zero-order valence-corrected chi connectivity index (χ0v) is 14.9. The number of aromatic amines is 1. The first-order valence-electron chi connectivity index (χ1n) is 8.10. The molecule has 27 heavy (non-hydrogen) atoms. The molecule has 0 aliphatic carbocycles. The Kier molecular flexibility index (Phi) is 4.15. The minimum absolute atomic E-state index is 0.0147. The maximum absolute atomic E-state index is 12.5. The minimum atomic E-state index is -0.462. The van der Waals surface area contributed by atoms with Crippen LogP contribution in [0, 0.1) is 18.3 Å². The Bertz CT molecular complexity index is 1260. The summed E-state index contributed by atoms with van der Waals surface area (Å²) in [5.74, 6) is 0. The third-order valence-electron chi connectivity index (χ3n) is 4.07. The molecule has 3 heterocycles. The number of H-pyrrole nitrogens is 1. The Morgan fingerprint density at radius 1 is 1.04 bits per heavy atom. The minimum Gasteiger partial charge on any atom is -0.343 e. The summed E-state index contributed by atoms with van der Waals surface area (Å²) in [6.45, 7) is 1.83. The van der Waals surface area contributed by atoms with Crippen molar-refractivity contribution in [1.82, 2.24) is 19.9 Å². The van der Waals surface area contributed by atoms with E-state index in [1.54, 1.807) is 6.07 Å². The largest absolute Gasteiger partial charge is 0.343 e. The van der Waals surface area contributed by atoms with Crippen LogP contribution in [0.4, 0.5) is 0 Å². The Hall–Kier alpha value is -3.56. The topological polar surface area (TPSA) is 95.3 Å². The van der Waals surface area contributed by atoms with Crippen LogP contribution in [0.1, 0.15) is 11.3 Å². The number of aryl methyl sites for hydroxylation is 1. The molecule has 0 saturated carbocycles. The van der Waals surface area contributed by atoms with Crippen LogP contribution in [0.15, 0.2) is 53.5 Å². The predicted octanol–water partition coefficient (Wildman–Crippen LogP) is 3.88. The van der Waals surface area contributed by atoms with Crippen molar-refractivity contribution in [3.63, 3.8) is 0 Å². The van der Waals surface area contributed by atoms with Gasteiger partial charge in [-0.1, -0.05) is 41.9 Å². The van der Waals surface area contributed by atoms with Crippen molar-refractivity contribution in [2.45, 2.75) is 6.92 Å². The van der Waals surface area contributed by atoms with Gasteiger partial charge in [-0.15, -0.1) is 0 Å². The molecule has 0 fully saturated rings. The molecule has 1 aromatic carbocycles. The second-order valence-electron chi connectivity index (χ2n) is 5.95. The van der Waals surface area contributed by atoms with Gasteiger partial charge in [-0.3, -0.25) is 4.79 Å². The molecular weight excluding hydrogens is 362 g/mol. The summed E-state index contributed by atoms with van der Waals surface area (Å²) in [7, 11) is 0. The lowest BCUT2D eigenvalue weighted by molar-refractivity contribution is 1.18. The number of aromatic nitrogens is 4. The summed E-state index contributed by atoms with van der Waals surface area (Å²) in [5.41, 5.74) is 3.31. The van der Waals surface area contributed by atoms with E-state index in [2.05, 4.69) is 19.9 Å². The van der Waals surface area contributed by atoms with Gasteiger partial charge in [-0.2, -0.15) is 5.26 Å². The van der Waals surface area contributed by atoms with Crippen LogP contribution in [-0.4, -0.2) is 19.9 Å². The third kappa shape index (κ3) is 3.05. The number of nitriles is 1. The van der Waals surface area contributed by atoms with Crippen molar-refractivity contribution < 1.29 is 0 Å². The normalized spacial score (nSPS) is 10.7. The summed E-state index contributed by atoms with van der Waals surface area (Å²) < 4.78 is 0. The van der Waals surface area contributed by atoms with Crippen LogP contribution in [0.2, 0.25) is 5.15 Å². The second-order valence-corrected chi connectivity index (χ2v) is 6.33. The lowest BCUT2D eigenvalue weighted by Gasteiger charge is -2.11. The van der Waals surface area contributed by atoms with Gasteiger partial charge in [0.05, 0.1) is 11.4 Å². The van der Waals surface area contributed by atoms with Crippen molar-refractivity contribution in [3.05, 3.63) is 75.3 Å². The van der Waals surface area contributed by atoms with E-state index in [0.717, 1.165) is 11.3 Å². The molecule has 1 N–H and O–H groups in total. The third-order valence-corrected chi connectivity index (χ3v) is 4.27. The molecular formula is C20H12ClN5O. The van der Waals surface area contributed by atoms with Gasteiger partial charge < -0.3 is 4.98 Å². The smallest absolute Gasteiger partial charge is 0.227 e. The SMILES string of the molecule is Cc1cc(-c2nc3c(=O)c(C#N)c[nH]c3nc2-c2ccccc2)cc(Cl)n1. The zero-order valence-electron chi connectivity index (χ0n) is 14.2. The molecule has 0 aliphatic heterocycles. The van der Waals surface area contributed by atoms with Gasteiger partial charge in [0.15, 0.2) is 11.2 Å². The molecule has 4 rings (SSSR count). The number of nitrogens with zero attached hydrogens (tertiary/aromatic N) is 4. The first-order chi connectivity index (χ1) is 13.1. The van der Waals surface area contributed by atoms with Crippen LogP contribution in [0.5, 0.6) is 0 Å². The molecule has 0 bridgehead atoms. The van der Waals surface area contributed by atoms with E-state index in [4.69, 9.17) is 16.9 Å². The van der Waals surface area contributed by atoms with E-state index in [-0.39, 0.29) is 11.1 Å². The van der Waals surface area contributed by atoms with Crippen LogP contribution >= 0.6 is 11.6 Å². The molecule has 4 aromatic rings. The first kappa shape index (κ1) is 16.9. The Morgan fingerprint density at radius 2 is 1.78 bits per heavy atom. The number of hydrogen-bond donors (Lipinski definition) is 1. The number of fused-ring (bicyclic) bond motifs is 1. The number of halogens is 1. The van der Waals surface area contributed by atoms with Crippen LogP contribution < -0.4 is 5.43 Å². The zero-order chi connectivity index (χ0) is 19.0. The van der Waals surface area contributed by atoms with Crippen molar-refractivity contribution in [3.8, 4) is 28.6 Å². The van der Waals surface area contributed by atoms with Crippen molar-refractivity contribution in [2.24, 2.45) is 0 Å². The maximum Gasteiger partial charge on any atom is 0.227 e.